The van der Waals surface area contributed by atoms with Gasteiger partial charge in [0.05, 0.1) is 0 Å². The number of thioether (sulfide) groups is 1. The van der Waals surface area contributed by atoms with Gasteiger partial charge in [-0.3, -0.25) is 9.59 Å². The van der Waals surface area contributed by atoms with Crippen molar-refractivity contribution in [2.45, 2.75) is 18.9 Å². The highest BCUT2D eigenvalue weighted by Gasteiger charge is 2.27. The highest BCUT2D eigenvalue weighted by molar-refractivity contribution is 7.99. The summed E-state index contributed by atoms with van der Waals surface area (Å²) in [6.45, 7) is 1.46. The minimum atomic E-state index is -0.607. The number of nitrogens with zero attached hydrogens (tertiary/aromatic N) is 1. The van der Waals surface area contributed by atoms with E-state index in [1.54, 1.807) is 4.90 Å². The first kappa shape index (κ1) is 16.8. The minimum absolute atomic E-state index is 0.0751. The van der Waals surface area contributed by atoms with Gasteiger partial charge in [0.15, 0.2) is 0 Å². The first-order chi connectivity index (χ1) is 10.6. The van der Waals surface area contributed by atoms with E-state index in [2.05, 4.69) is 5.32 Å². The van der Waals surface area contributed by atoms with Crippen LogP contribution in [0.5, 0.6) is 0 Å². The summed E-state index contributed by atoms with van der Waals surface area (Å²) >= 11 is 1.40. The lowest BCUT2D eigenvalue weighted by atomic mass is 10.2. The lowest BCUT2D eigenvalue weighted by Crippen LogP contribution is -2.49. The third-order valence-corrected chi connectivity index (χ3v) is 4.33. The topological polar surface area (TPSA) is 75.4 Å². The van der Waals surface area contributed by atoms with E-state index < -0.39 is 11.9 Å². The summed E-state index contributed by atoms with van der Waals surface area (Å²) in [5.41, 5.74) is 5.80. The summed E-state index contributed by atoms with van der Waals surface area (Å²) in [4.78, 5) is 26.4. The van der Waals surface area contributed by atoms with Crippen LogP contribution in [0.1, 0.15) is 23.2 Å². The van der Waals surface area contributed by atoms with Gasteiger partial charge in [0.2, 0.25) is 5.91 Å². The Morgan fingerprint density at radius 1 is 1.27 bits per heavy atom. The van der Waals surface area contributed by atoms with E-state index in [1.165, 1.54) is 36.0 Å². The van der Waals surface area contributed by atoms with Crippen molar-refractivity contribution in [2.24, 2.45) is 5.73 Å². The second kappa shape index (κ2) is 8.14. The van der Waals surface area contributed by atoms with Crippen LogP contribution >= 0.6 is 11.8 Å². The summed E-state index contributed by atoms with van der Waals surface area (Å²) in [6.07, 6.45) is 1.99. The fourth-order valence-electron chi connectivity index (χ4n) is 2.36. The largest absolute Gasteiger partial charge is 0.341 e. The van der Waals surface area contributed by atoms with E-state index >= 15 is 0 Å². The maximum atomic E-state index is 12.9. The molecule has 0 aliphatic carbocycles. The van der Waals surface area contributed by atoms with E-state index in [9.17, 15) is 14.0 Å². The number of nitrogens with one attached hydrogen (secondary N) is 1. The summed E-state index contributed by atoms with van der Waals surface area (Å²) in [5, 5.41) is 2.74. The number of halogens is 1. The molecule has 2 rings (SSSR count). The molecule has 1 aromatic rings. The van der Waals surface area contributed by atoms with Gasteiger partial charge in [-0.1, -0.05) is 0 Å². The number of hydrogen-bond acceptors (Lipinski definition) is 4. The van der Waals surface area contributed by atoms with Crippen molar-refractivity contribution in [3.63, 3.8) is 0 Å². The quantitative estimate of drug-likeness (QED) is 0.771. The Bertz CT molecular complexity index is 518. The van der Waals surface area contributed by atoms with Gasteiger partial charge in [0, 0.05) is 30.3 Å². The van der Waals surface area contributed by atoms with Crippen LogP contribution in [-0.2, 0) is 4.79 Å². The van der Waals surface area contributed by atoms with Gasteiger partial charge in [-0.05, 0) is 37.1 Å². The van der Waals surface area contributed by atoms with Crippen LogP contribution in [0.4, 0.5) is 4.39 Å². The van der Waals surface area contributed by atoms with Gasteiger partial charge in [0.25, 0.3) is 5.91 Å². The zero-order valence-electron chi connectivity index (χ0n) is 12.3. The van der Waals surface area contributed by atoms with Crippen LogP contribution in [0.2, 0.25) is 0 Å². The molecular formula is C15H20FN3O2S. The molecule has 1 saturated heterocycles. The molecule has 1 heterocycles. The molecule has 1 aromatic carbocycles. The molecule has 0 radical (unpaired) electrons. The molecule has 1 aliphatic rings. The molecule has 1 aliphatic heterocycles. The summed E-state index contributed by atoms with van der Waals surface area (Å²) in [6, 6.07) is 4.64. The fourth-order valence-corrected chi connectivity index (χ4v) is 2.96. The predicted octanol–water partition coefficient (Wildman–Crippen LogP) is 1.20. The average Bonchev–Trinajstić information content (AvgIpc) is 3.05. The number of carbonyl (C=O) groups excluding carboxylic acids is 2. The van der Waals surface area contributed by atoms with Crippen LogP contribution in [0.3, 0.4) is 0 Å². The van der Waals surface area contributed by atoms with Crippen molar-refractivity contribution in [2.75, 3.05) is 24.7 Å². The first-order valence-electron chi connectivity index (χ1n) is 7.25. The fraction of sp³-hybridized carbons (Fsp3) is 0.467. The van der Waals surface area contributed by atoms with Gasteiger partial charge >= 0.3 is 0 Å². The van der Waals surface area contributed by atoms with Crippen molar-refractivity contribution >= 4 is 23.6 Å². The highest BCUT2D eigenvalue weighted by atomic mass is 32.2. The molecule has 0 unspecified atom stereocenters. The van der Waals surface area contributed by atoms with E-state index in [0.717, 1.165) is 25.9 Å². The molecule has 0 spiro atoms. The number of likely N-dealkylation sites (tertiary alicyclic amines) is 1. The number of nitrogens with two attached hydrogens (primary N) is 1. The van der Waals surface area contributed by atoms with Crippen molar-refractivity contribution in [3.05, 3.63) is 35.6 Å². The lowest BCUT2D eigenvalue weighted by molar-refractivity contribution is -0.131. The Kier molecular flexibility index (Phi) is 6.21. The number of carbonyl (C=O) groups is 2. The normalized spacial score (nSPS) is 15.6. The monoisotopic (exact) mass is 325 g/mol. The van der Waals surface area contributed by atoms with Crippen LogP contribution in [0.25, 0.3) is 0 Å². The Morgan fingerprint density at radius 2 is 1.91 bits per heavy atom. The molecule has 0 bridgehead atoms. The SMILES string of the molecule is NCSC[C@H](NC(=O)c1ccc(F)cc1)C(=O)N1CCCC1. The number of benzene rings is 1. The lowest BCUT2D eigenvalue weighted by Gasteiger charge is -2.23. The van der Waals surface area contributed by atoms with Gasteiger partial charge in [0.1, 0.15) is 11.9 Å². The molecule has 3 N–H and O–H groups in total. The Labute approximate surface area is 133 Å². The van der Waals surface area contributed by atoms with Gasteiger partial charge in [-0.2, -0.15) is 0 Å². The summed E-state index contributed by atoms with van der Waals surface area (Å²) in [7, 11) is 0. The molecule has 0 aromatic heterocycles. The van der Waals surface area contributed by atoms with Gasteiger partial charge < -0.3 is 16.0 Å². The third kappa shape index (κ3) is 4.45. The van der Waals surface area contributed by atoms with E-state index in [-0.39, 0.29) is 11.8 Å². The Morgan fingerprint density at radius 3 is 2.50 bits per heavy atom. The van der Waals surface area contributed by atoms with Crippen molar-refractivity contribution in [1.82, 2.24) is 10.2 Å². The maximum absolute atomic E-state index is 12.9. The Hall–Kier alpha value is -1.60. The maximum Gasteiger partial charge on any atom is 0.251 e. The number of rotatable bonds is 6. The molecule has 22 heavy (non-hydrogen) atoms. The van der Waals surface area contributed by atoms with Crippen LogP contribution in [-0.4, -0.2) is 47.5 Å². The van der Waals surface area contributed by atoms with Crippen LogP contribution in [0.15, 0.2) is 24.3 Å². The van der Waals surface area contributed by atoms with Crippen LogP contribution < -0.4 is 11.1 Å². The zero-order chi connectivity index (χ0) is 15.9. The average molecular weight is 325 g/mol. The van der Waals surface area contributed by atoms with E-state index in [4.69, 9.17) is 5.73 Å². The first-order valence-corrected chi connectivity index (χ1v) is 8.40. The molecule has 120 valence electrons. The van der Waals surface area contributed by atoms with Gasteiger partial charge in [-0.15, -0.1) is 11.8 Å². The number of amides is 2. The van der Waals surface area contributed by atoms with Crippen molar-refractivity contribution in [3.8, 4) is 0 Å². The molecule has 2 amide bonds. The number of hydrogen-bond donors (Lipinski definition) is 2. The van der Waals surface area contributed by atoms with E-state index in [1.807, 2.05) is 0 Å². The van der Waals surface area contributed by atoms with Gasteiger partial charge in [-0.25, -0.2) is 4.39 Å². The summed E-state index contributed by atoms with van der Waals surface area (Å²) in [5.74, 6) is -0.0429. The zero-order valence-corrected chi connectivity index (χ0v) is 13.1. The Balaban J connectivity index is 2.03. The molecule has 1 atom stereocenters. The van der Waals surface area contributed by atoms with Crippen LogP contribution in [0, 0.1) is 5.82 Å². The molecule has 5 nitrogen and oxygen atoms in total. The predicted molar refractivity (Wildman–Crippen MR) is 85.0 cm³/mol. The van der Waals surface area contributed by atoms with Crippen molar-refractivity contribution < 1.29 is 14.0 Å². The second-order valence-corrected chi connectivity index (χ2v) is 6.18. The molecule has 0 saturated carbocycles. The van der Waals surface area contributed by atoms with E-state index in [0.29, 0.717) is 17.2 Å². The highest BCUT2D eigenvalue weighted by Crippen LogP contribution is 2.12. The third-order valence-electron chi connectivity index (χ3n) is 3.53. The smallest absolute Gasteiger partial charge is 0.251 e. The molecule has 7 heteroatoms. The molecular weight excluding hydrogens is 305 g/mol. The minimum Gasteiger partial charge on any atom is -0.341 e. The molecule has 1 fully saturated rings. The second-order valence-electron chi connectivity index (χ2n) is 5.10. The standard InChI is InChI=1S/C15H20FN3O2S/c16-12-5-3-11(4-6-12)14(20)18-13(9-22-10-17)15(21)19-7-1-2-8-19/h3-6,13H,1-2,7-10,17H2,(H,18,20)/t13-/m0/s1. The summed E-state index contributed by atoms with van der Waals surface area (Å²) < 4.78 is 12.9. The van der Waals surface area contributed by atoms with Crippen molar-refractivity contribution in [1.29, 1.82) is 0 Å².